The Morgan fingerprint density at radius 2 is 0.984 bits per heavy atom. The largest absolute Gasteiger partial charge is 0.377 e. The summed E-state index contributed by atoms with van der Waals surface area (Å²) in [6, 6.07) is 27.5. The molecule has 2 aromatic carbocycles. The van der Waals surface area contributed by atoms with E-state index in [1.165, 1.54) is 4.31 Å². The number of hydrogen-bond acceptors (Lipinski definition) is 12. The minimum Gasteiger partial charge on any atom is -0.377 e. The van der Waals surface area contributed by atoms with Crippen LogP contribution in [0.2, 0.25) is 0 Å². The van der Waals surface area contributed by atoms with Crippen LogP contribution in [0.15, 0.2) is 114 Å². The molecule has 1 aliphatic rings. The van der Waals surface area contributed by atoms with Crippen molar-refractivity contribution in [2.24, 2.45) is 0 Å². The number of amides is 3. The fourth-order valence-electron chi connectivity index (χ4n) is 7.03. The topological polar surface area (TPSA) is 176 Å². The zero-order valence-electron chi connectivity index (χ0n) is 34.8. The molecule has 0 atom stereocenters. The van der Waals surface area contributed by atoms with Crippen molar-refractivity contribution in [2.75, 3.05) is 91.0 Å². The summed E-state index contributed by atoms with van der Waals surface area (Å²) >= 11 is 0. The fourth-order valence-corrected chi connectivity index (χ4v) is 8.49. The van der Waals surface area contributed by atoms with Crippen molar-refractivity contribution in [3.05, 3.63) is 127 Å². The summed E-state index contributed by atoms with van der Waals surface area (Å²) in [6.07, 6.45) is 5.01. The minimum absolute atomic E-state index is 0.00624. The summed E-state index contributed by atoms with van der Waals surface area (Å²) in [5, 5.41) is 10.6. The van der Waals surface area contributed by atoms with Gasteiger partial charge >= 0.3 is 0 Å². The second kappa shape index (κ2) is 22.1. The maximum Gasteiger partial charge on any atom is 0.243 e. The highest BCUT2D eigenvalue weighted by Crippen LogP contribution is 2.29. The number of nitrogens with zero attached hydrogens (tertiary/aromatic N) is 8. The van der Waals surface area contributed by atoms with Crippen LogP contribution < -0.4 is 20.9 Å². The first kappa shape index (κ1) is 44.7. The summed E-state index contributed by atoms with van der Waals surface area (Å²) in [7, 11) is -0.153. The predicted octanol–water partition coefficient (Wildman–Crippen LogP) is 1.95. The predicted molar refractivity (Wildman–Crippen MR) is 235 cm³/mol. The average molecular weight is 850 g/mol. The molecule has 1 fully saturated rings. The van der Waals surface area contributed by atoms with E-state index in [2.05, 4.69) is 30.9 Å². The molecular weight excluding hydrogens is 795 g/mol. The van der Waals surface area contributed by atoms with Gasteiger partial charge in [-0.05, 0) is 60.0 Å². The van der Waals surface area contributed by atoms with Crippen molar-refractivity contribution >= 4 is 44.2 Å². The molecule has 5 aromatic rings. The molecule has 1 aliphatic heterocycles. The number of benzene rings is 2. The van der Waals surface area contributed by atoms with E-state index >= 15 is 0 Å². The molecule has 0 unspecified atom stereocenters. The van der Waals surface area contributed by atoms with Crippen molar-refractivity contribution < 1.29 is 22.8 Å². The average Bonchev–Trinajstić information content (AvgIpc) is 3.27. The molecule has 0 saturated carbocycles. The first-order chi connectivity index (χ1) is 29.5. The Morgan fingerprint density at radius 3 is 1.38 bits per heavy atom. The van der Waals surface area contributed by atoms with Gasteiger partial charge in [-0.25, -0.2) is 8.42 Å². The number of fused-ring (bicyclic) bond motifs is 1. The molecule has 0 bridgehead atoms. The van der Waals surface area contributed by atoms with Gasteiger partial charge in [0.2, 0.25) is 27.7 Å². The summed E-state index contributed by atoms with van der Waals surface area (Å²) in [5.74, 6) is -0.663. The van der Waals surface area contributed by atoms with E-state index in [9.17, 15) is 22.8 Å². The van der Waals surface area contributed by atoms with E-state index in [1.54, 1.807) is 30.7 Å². The number of carbonyl (C=O) groups excluding carboxylic acids is 3. The van der Waals surface area contributed by atoms with Gasteiger partial charge in [0.15, 0.2) is 0 Å². The van der Waals surface area contributed by atoms with Gasteiger partial charge in [-0.15, -0.1) is 0 Å². The number of nitrogens with one attached hydrogen (secondary N) is 3. The highest BCUT2D eigenvalue weighted by atomic mass is 32.2. The molecule has 3 amide bonds. The van der Waals surface area contributed by atoms with Crippen LogP contribution in [0, 0.1) is 0 Å². The van der Waals surface area contributed by atoms with Crippen LogP contribution in [0.1, 0.15) is 17.1 Å². The van der Waals surface area contributed by atoms with E-state index < -0.39 is 10.0 Å². The molecule has 4 heterocycles. The third-order valence-corrected chi connectivity index (χ3v) is 12.3. The zero-order chi connectivity index (χ0) is 43.0. The summed E-state index contributed by atoms with van der Waals surface area (Å²) in [5.41, 5.74) is 3.14. The van der Waals surface area contributed by atoms with Gasteiger partial charge in [0.05, 0.1) is 61.2 Å². The number of aromatic nitrogens is 3. The molecule has 0 aliphatic carbocycles. The molecule has 16 nitrogen and oxygen atoms in total. The monoisotopic (exact) mass is 849 g/mol. The van der Waals surface area contributed by atoms with Crippen molar-refractivity contribution in [2.45, 2.75) is 24.5 Å². The third-order valence-electron chi connectivity index (χ3n) is 10.4. The van der Waals surface area contributed by atoms with E-state index in [4.69, 9.17) is 0 Å². The van der Waals surface area contributed by atoms with Crippen LogP contribution in [0.5, 0.6) is 0 Å². The van der Waals surface area contributed by atoms with Crippen molar-refractivity contribution in [3.63, 3.8) is 0 Å². The second-order valence-electron chi connectivity index (χ2n) is 15.1. The van der Waals surface area contributed by atoms with Gasteiger partial charge in [-0.3, -0.25) is 44.0 Å². The van der Waals surface area contributed by atoms with Crippen molar-refractivity contribution in [1.29, 1.82) is 0 Å². The lowest BCUT2D eigenvalue weighted by Crippen LogP contribution is -2.51. The fraction of sp³-hybridized carbons (Fsp3) is 0.364. The quantitative estimate of drug-likeness (QED) is 0.140. The lowest BCUT2D eigenvalue weighted by molar-refractivity contribution is -0.124. The number of anilines is 1. The van der Waals surface area contributed by atoms with Crippen molar-refractivity contribution in [3.8, 4) is 0 Å². The maximum absolute atomic E-state index is 14.6. The Kier molecular flexibility index (Phi) is 16.2. The Balaban J connectivity index is 1.23. The first-order valence-electron chi connectivity index (χ1n) is 20.4. The number of pyridine rings is 3. The molecule has 17 heteroatoms. The molecule has 3 N–H and O–H groups in total. The van der Waals surface area contributed by atoms with Gasteiger partial charge in [0.25, 0.3) is 0 Å². The Morgan fingerprint density at radius 1 is 0.557 bits per heavy atom. The number of sulfonamides is 1. The zero-order valence-corrected chi connectivity index (χ0v) is 35.6. The number of carbonyl (C=O) groups is 3. The molecule has 3 aromatic heterocycles. The Hall–Kier alpha value is -5.85. The number of rotatable bonds is 15. The summed E-state index contributed by atoms with van der Waals surface area (Å²) < 4.78 is 30.7. The minimum atomic E-state index is -4.05. The molecule has 0 spiro atoms. The highest BCUT2D eigenvalue weighted by Gasteiger charge is 2.28. The van der Waals surface area contributed by atoms with Gasteiger partial charge in [0.1, 0.15) is 0 Å². The highest BCUT2D eigenvalue weighted by molar-refractivity contribution is 7.89. The smallest absolute Gasteiger partial charge is 0.243 e. The SMILES string of the molecule is CN(C)c1cccc2cc(S(=O)(=O)N3CCN(CC(=O)NCc4ccccn4)CCN(CC(=O)NCc4ccccn4)CCN(CC(=O)NCc4ccccn4)CC3)ccc12. The molecule has 1 saturated heterocycles. The van der Waals surface area contributed by atoms with Gasteiger partial charge in [0, 0.05) is 96.1 Å². The molecule has 6 rings (SSSR count). The van der Waals surface area contributed by atoms with Gasteiger partial charge < -0.3 is 20.9 Å². The Labute approximate surface area is 358 Å². The van der Waals surface area contributed by atoms with Gasteiger partial charge in [-0.1, -0.05) is 36.4 Å². The third kappa shape index (κ3) is 13.6. The van der Waals surface area contributed by atoms with Crippen molar-refractivity contribution in [1.82, 2.24) is 49.9 Å². The Bertz CT molecular complexity index is 2230. The second-order valence-corrected chi connectivity index (χ2v) is 17.0. The maximum atomic E-state index is 14.6. The van der Waals surface area contributed by atoms with Gasteiger partial charge in [-0.2, -0.15) is 4.31 Å². The molecule has 0 radical (unpaired) electrons. The van der Waals surface area contributed by atoms with Crippen LogP contribution >= 0.6 is 0 Å². The lowest BCUT2D eigenvalue weighted by atomic mass is 10.1. The summed E-state index contributed by atoms with van der Waals surface area (Å²) in [6.45, 7) is 3.02. The van der Waals surface area contributed by atoms with Crippen LogP contribution in [-0.4, -0.2) is 146 Å². The molecular formula is C44H55N11O5S. The van der Waals surface area contributed by atoms with Crippen LogP contribution in [-0.2, 0) is 44.0 Å². The van der Waals surface area contributed by atoms with Crippen LogP contribution in [0.4, 0.5) is 5.69 Å². The standard InChI is InChI=1S/C44H55N11O5S/c1-51(2)41-14-9-10-35-28-39(15-16-40(35)41)61(59,60)55-26-24-53(33-43(57)49-30-37-12-4-7-18-46-37)22-20-52(32-42(56)48-29-36-11-3-6-17-45-36)21-23-54(25-27-55)34-44(58)50-31-38-13-5-8-19-47-38/h3-19,28H,20-27,29-34H2,1-2H3,(H,48,56)(H,49,57)(H,50,58). The van der Waals surface area contributed by atoms with Crippen LogP contribution in [0.25, 0.3) is 10.8 Å². The van der Waals surface area contributed by atoms with Crippen LogP contribution in [0.3, 0.4) is 0 Å². The van der Waals surface area contributed by atoms with E-state index in [0.29, 0.717) is 37.6 Å². The summed E-state index contributed by atoms with van der Waals surface area (Å²) in [4.78, 5) is 61.0. The normalized spacial score (nSPS) is 15.3. The van der Waals surface area contributed by atoms with E-state index in [-0.39, 0.29) is 88.1 Å². The molecule has 61 heavy (non-hydrogen) atoms. The first-order valence-corrected chi connectivity index (χ1v) is 21.8. The van der Waals surface area contributed by atoms with E-state index in [0.717, 1.165) is 22.2 Å². The number of hydrogen-bond donors (Lipinski definition) is 3. The van der Waals surface area contributed by atoms with E-state index in [1.807, 2.05) is 113 Å². The lowest BCUT2D eigenvalue weighted by Gasteiger charge is -2.33. The molecule has 322 valence electrons.